The number of benzene rings is 2. The van der Waals surface area contributed by atoms with Gasteiger partial charge in [0.05, 0.1) is 20.3 Å². The normalized spacial score (nSPS) is 14.6. The number of nitrogens with zero attached hydrogens (tertiary/aromatic N) is 3. The van der Waals surface area contributed by atoms with Gasteiger partial charge < -0.3 is 15.1 Å². The summed E-state index contributed by atoms with van der Waals surface area (Å²) in [6, 6.07) is 9.40. The van der Waals surface area contributed by atoms with Crippen LogP contribution in [-0.2, 0) is 0 Å². The molecule has 2 heterocycles. The van der Waals surface area contributed by atoms with E-state index in [0.29, 0.717) is 41.9 Å². The van der Waals surface area contributed by atoms with Gasteiger partial charge in [-0.3, -0.25) is 0 Å². The fourth-order valence-electron chi connectivity index (χ4n) is 2.90. The van der Waals surface area contributed by atoms with E-state index in [4.69, 9.17) is 23.2 Å². The number of halogens is 3. The fourth-order valence-corrected chi connectivity index (χ4v) is 4.24. The van der Waals surface area contributed by atoms with Crippen LogP contribution < -0.4 is 10.2 Å². The zero-order valence-electron chi connectivity index (χ0n) is 14.1. The Morgan fingerprint density at radius 1 is 1.07 bits per heavy atom. The lowest BCUT2D eigenvalue weighted by atomic mass is 10.3. The van der Waals surface area contributed by atoms with Gasteiger partial charge in [0.2, 0.25) is 0 Å². The summed E-state index contributed by atoms with van der Waals surface area (Å²) < 4.78 is 14.2. The summed E-state index contributed by atoms with van der Waals surface area (Å²) in [6.07, 6.45) is 0. The molecule has 1 N–H and O–H groups in total. The molecule has 1 aliphatic rings. The molecule has 0 aliphatic carbocycles. The Morgan fingerprint density at radius 3 is 2.59 bits per heavy atom. The molecule has 1 saturated heterocycles. The van der Waals surface area contributed by atoms with Gasteiger partial charge in [0, 0.05) is 31.9 Å². The second kappa shape index (κ2) is 7.50. The highest BCUT2D eigenvalue weighted by Crippen LogP contribution is 2.30. The lowest BCUT2D eigenvalue weighted by Crippen LogP contribution is -2.50. The van der Waals surface area contributed by atoms with E-state index in [9.17, 15) is 9.18 Å². The number of hydrogen-bond acceptors (Lipinski definition) is 4. The highest BCUT2D eigenvalue weighted by Gasteiger charge is 2.23. The second-order valence-corrected chi connectivity index (χ2v) is 7.97. The van der Waals surface area contributed by atoms with Crippen LogP contribution in [0.3, 0.4) is 0 Å². The summed E-state index contributed by atoms with van der Waals surface area (Å²) >= 11 is 13.3. The Bertz CT molecular complexity index is 1000. The number of carbonyl (C=O) groups excluding carboxylic acids is 1. The van der Waals surface area contributed by atoms with E-state index >= 15 is 0 Å². The van der Waals surface area contributed by atoms with E-state index in [2.05, 4.69) is 15.2 Å². The third kappa shape index (κ3) is 3.95. The van der Waals surface area contributed by atoms with Crippen molar-refractivity contribution in [3.05, 3.63) is 52.3 Å². The Morgan fingerprint density at radius 2 is 1.85 bits per heavy atom. The SMILES string of the molecule is O=C(Nc1ccc(Cl)c(Cl)c1)N1CCN(c2nc3ccc(F)cc3s2)CC1. The summed E-state index contributed by atoms with van der Waals surface area (Å²) in [5.41, 5.74) is 1.39. The molecule has 0 radical (unpaired) electrons. The largest absolute Gasteiger partial charge is 0.345 e. The molecule has 1 aliphatic heterocycles. The number of carbonyl (C=O) groups is 1. The minimum Gasteiger partial charge on any atom is -0.345 e. The van der Waals surface area contributed by atoms with E-state index in [1.54, 1.807) is 29.2 Å². The molecule has 1 aromatic heterocycles. The van der Waals surface area contributed by atoms with Gasteiger partial charge in [-0.15, -0.1) is 0 Å². The van der Waals surface area contributed by atoms with E-state index in [-0.39, 0.29) is 11.8 Å². The van der Waals surface area contributed by atoms with Gasteiger partial charge in [0.15, 0.2) is 5.13 Å². The maximum Gasteiger partial charge on any atom is 0.321 e. The first-order valence-corrected chi connectivity index (χ1v) is 9.89. The van der Waals surface area contributed by atoms with Crippen LogP contribution in [0.25, 0.3) is 10.2 Å². The van der Waals surface area contributed by atoms with Crippen LogP contribution >= 0.6 is 34.5 Å². The van der Waals surface area contributed by atoms with Crippen molar-refractivity contribution in [1.82, 2.24) is 9.88 Å². The summed E-state index contributed by atoms with van der Waals surface area (Å²) in [5, 5.41) is 4.52. The number of anilines is 2. The first-order chi connectivity index (χ1) is 13.0. The molecule has 27 heavy (non-hydrogen) atoms. The molecular weight excluding hydrogens is 410 g/mol. The number of piperazine rings is 1. The molecule has 0 atom stereocenters. The smallest absolute Gasteiger partial charge is 0.321 e. The highest BCUT2D eigenvalue weighted by molar-refractivity contribution is 7.22. The van der Waals surface area contributed by atoms with Gasteiger partial charge in [-0.1, -0.05) is 34.5 Å². The second-order valence-electron chi connectivity index (χ2n) is 6.14. The van der Waals surface area contributed by atoms with Crippen LogP contribution in [0.5, 0.6) is 0 Å². The topological polar surface area (TPSA) is 48.5 Å². The van der Waals surface area contributed by atoms with Gasteiger partial charge in [0.1, 0.15) is 5.82 Å². The molecular formula is C18H15Cl2FN4OS. The molecule has 0 spiro atoms. The van der Waals surface area contributed by atoms with Crippen LogP contribution in [0.1, 0.15) is 0 Å². The molecule has 9 heteroatoms. The molecule has 0 saturated carbocycles. The van der Waals surface area contributed by atoms with Gasteiger partial charge in [-0.25, -0.2) is 14.2 Å². The quantitative estimate of drug-likeness (QED) is 0.622. The van der Waals surface area contributed by atoms with Crippen LogP contribution in [0, 0.1) is 5.82 Å². The Labute approximate surface area is 169 Å². The first-order valence-electron chi connectivity index (χ1n) is 8.31. The summed E-state index contributed by atoms with van der Waals surface area (Å²) in [6.45, 7) is 2.46. The highest BCUT2D eigenvalue weighted by atomic mass is 35.5. The average molecular weight is 425 g/mol. The maximum atomic E-state index is 13.4. The monoisotopic (exact) mass is 424 g/mol. The zero-order chi connectivity index (χ0) is 19.0. The van der Waals surface area contributed by atoms with Gasteiger partial charge >= 0.3 is 6.03 Å². The number of nitrogens with one attached hydrogen (secondary N) is 1. The number of urea groups is 1. The molecule has 140 valence electrons. The minimum absolute atomic E-state index is 0.181. The number of rotatable bonds is 2. The van der Waals surface area contributed by atoms with Crippen molar-refractivity contribution in [1.29, 1.82) is 0 Å². The van der Waals surface area contributed by atoms with Crippen molar-refractivity contribution in [2.24, 2.45) is 0 Å². The standard InChI is InChI=1S/C18H15Cl2FN4OS/c19-13-3-2-12(10-14(13)20)22-17(26)24-5-7-25(8-6-24)18-23-15-4-1-11(21)9-16(15)27-18/h1-4,9-10H,5-8H2,(H,22,26). The number of aromatic nitrogens is 1. The van der Waals surface area contributed by atoms with Crippen LogP contribution in [-0.4, -0.2) is 42.1 Å². The van der Waals surface area contributed by atoms with Crippen molar-refractivity contribution >= 4 is 61.6 Å². The van der Waals surface area contributed by atoms with E-state index in [1.807, 2.05) is 0 Å². The molecule has 2 aromatic carbocycles. The van der Waals surface area contributed by atoms with Crippen molar-refractivity contribution in [2.45, 2.75) is 0 Å². The predicted molar refractivity (Wildman–Crippen MR) is 109 cm³/mol. The Hall–Kier alpha value is -2.09. The molecule has 0 unspecified atom stereocenters. The summed E-state index contributed by atoms with van der Waals surface area (Å²) in [5.74, 6) is -0.263. The Balaban J connectivity index is 1.38. The number of fused-ring (bicyclic) bond motifs is 1. The number of hydrogen-bond donors (Lipinski definition) is 1. The Kier molecular flexibility index (Phi) is 5.08. The number of thiazole rings is 1. The van der Waals surface area contributed by atoms with E-state index in [1.165, 1.54) is 23.5 Å². The van der Waals surface area contributed by atoms with E-state index < -0.39 is 0 Å². The summed E-state index contributed by atoms with van der Waals surface area (Å²) in [4.78, 5) is 20.9. The first kappa shape index (κ1) is 18.3. The number of amides is 2. The predicted octanol–water partition coefficient (Wildman–Crippen LogP) is 5.10. The van der Waals surface area contributed by atoms with Gasteiger partial charge in [-0.2, -0.15) is 0 Å². The molecule has 2 amide bonds. The van der Waals surface area contributed by atoms with Crippen LogP contribution in [0.4, 0.5) is 20.0 Å². The molecule has 3 aromatic rings. The van der Waals surface area contributed by atoms with Crippen LogP contribution in [0.15, 0.2) is 36.4 Å². The lowest BCUT2D eigenvalue weighted by molar-refractivity contribution is 0.208. The maximum absolute atomic E-state index is 13.4. The zero-order valence-corrected chi connectivity index (χ0v) is 16.4. The van der Waals surface area contributed by atoms with Crippen molar-refractivity contribution in [3.8, 4) is 0 Å². The third-order valence-electron chi connectivity index (χ3n) is 4.35. The minimum atomic E-state index is -0.263. The van der Waals surface area contributed by atoms with Crippen molar-refractivity contribution in [3.63, 3.8) is 0 Å². The average Bonchev–Trinajstić information content (AvgIpc) is 3.08. The molecule has 1 fully saturated rings. The molecule has 5 nitrogen and oxygen atoms in total. The van der Waals surface area contributed by atoms with Crippen molar-refractivity contribution in [2.75, 3.05) is 36.4 Å². The third-order valence-corrected chi connectivity index (χ3v) is 6.17. The summed E-state index contributed by atoms with van der Waals surface area (Å²) in [7, 11) is 0. The van der Waals surface area contributed by atoms with Crippen LogP contribution in [0.2, 0.25) is 10.0 Å². The van der Waals surface area contributed by atoms with Gasteiger partial charge in [-0.05, 0) is 36.4 Å². The fraction of sp³-hybridized carbons (Fsp3) is 0.222. The van der Waals surface area contributed by atoms with Crippen molar-refractivity contribution < 1.29 is 9.18 Å². The van der Waals surface area contributed by atoms with Gasteiger partial charge in [0.25, 0.3) is 0 Å². The van der Waals surface area contributed by atoms with E-state index in [0.717, 1.165) is 15.3 Å². The molecule has 4 rings (SSSR count). The lowest BCUT2D eigenvalue weighted by Gasteiger charge is -2.34. The molecule has 0 bridgehead atoms.